The van der Waals surface area contributed by atoms with Gasteiger partial charge in [0, 0.05) is 0 Å². The van der Waals surface area contributed by atoms with Gasteiger partial charge in [-0.1, -0.05) is 36.4 Å². The standard InChI is InChI=1S/C14H14FN/c1-10-9-12(15)7-8-13(10)14(16)11-5-3-2-4-6-11/h2-9,14H,16H2,1H3. The van der Waals surface area contributed by atoms with Crippen molar-refractivity contribution in [3.8, 4) is 0 Å². The molecule has 1 nitrogen and oxygen atoms in total. The zero-order chi connectivity index (χ0) is 11.5. The van der Waals surface area contributed by atoms with Crippen LogP contribution >= 0.6 is 0 Å². The van der Waals surface area contributed by atoms with Crippen molar-refractivity contribution in [3.05, 3.63) is 71.0 Å². The lowest BCUT2D eigenvalue weighted by Crippen LogP contribution is -2.13. The van der Waals surface area contributed by atoms with Crippen LogP contribution < -0.4 is 5.73 Å². The minimum absolute atomic E-state index is 0.193. The summed E-state index contributed by atoms with van der Waals surface area (Å²) in [5.41, 5.74) is 9.03. The van der Waals surface area contributed by atoms with Crippen LogP contribution in [0.5, 0.6) is 0 Å². The lowest BCUT2D eigenvalue weighted by atomic mass is 9.96. The molecule has 1 atom stereocenters. The number of halogens is 1. The third-order valence-corrected chi connectivity index (χ3v) is 2.73. The Labute approximate surface area is 94.7 Å². The third kappa shape index (κ3) is 2.12. The SMILES string of the molecule is Cc1cc(F)ccc1C(N)c1ccccc1. The smallest absolute Gasteiger partial charge is 0.123 e. The largest absolute Gasteiger partial charge is 0.320 e. The van der Waals surface area contributed by atoms with E-state index in [0.717, 1.165) is 16.7 Å². The summed E-state index contributed by atoms with van der Waals surface area (Å²) in [6.07, 6.45) is 0. The minimum atomic E-state index is -0.221. The second-order valence-corrected chi connectivity index (χ2v) is 3.89. The highest BCUT2D eigenvalue weighted by molar-refractivity contribution is 5.36. The molecule has 0 amide bonds. The molecule has 0 spiro atoms. The first-order valence-corrected chi connectivity index (χ1v) is 5.25. The van der Waals surface area contributed by atoms with E-state index in [1.807, 2.05) is 37.3 Å². The molecule has 0 aromatic heterocycles. The van der Waals surface area contributed by atoms with Gasteiger partial charge in [-0.2, -0.15) is 0 Å². The van der Waals surface area contributed by atoms with Gasteiger partial charge in [-0.05, 0) is 35.7 Å². The van der Waals surface area contributed by atoms with Crippen molar-refractivity contribution in [2.45, 2.75) is 13.0 Å². The topological polar surface area (TPSA) is 26.0 Å². The van der Waals surface area contributed by atoms with Gasteiger partial charge in [-0.3, -0.25) is 0 Å². The third-order valence-electron chi connectivity index (χ3n) is 2.73. The number of hydrogen-bond donors (Lipinski definition) is 1. The van der Waals surface area contributed by atoms with E-state index in [-0.39, 0.29) is 11.9 Å². The first kappa shape index (κ1) is 10.8. The van der Waals surface area contributed by atoms with Gasteiger partial charge in [0.1, 0.15) is 5.82 Å². The van der Waals surface area contributed by atoms with Gasteiger partial charge in [0.05, 0.1) is 6.04 Å². The Hall–Kier alpha value is -1.67. The first-order chi connectivity index (χ1) is 7.68. The summed E-state index contributed by atoms with van der Waals surface area (Å²) in [4.78, 5) is 0. The summed E-state index contributed by atoms with van der Waals surface area (Å²) in [7, 11) is 0. The van der Waals surface area contributed by atoms with Gasteiger partial charge < -0.3 is 5.73 Å². The van der Waals surface area contributed by atoms with Crippen LogP contribution in [-0.2, 0) is 0 Å². The van der Waals surface area contributed by atoms with Crippen LogP contribution in [0.3, 0.4) is 0 Å². The average molecular weight is 215 g/mol. The highest BCUT2D eigenvalue weighted by atomic mass is 19.1. The maximum Gasteiger partial charge on any atom is 0.123 e. The van der Waals surface area contributed by atoms with Gasteiger partial charge in [-0.15, -0.1) is 0 Å². The van der Waals surface area contributed by atoms with Crippen molar-refractivity contribution < 1.29 is 4.39 Å². The van der Waals surface area contributed by atoms with Crippen LogP contribution in [0.15, 0.2) is 48.5 Å². The zero-order valence-corrected chi connectivity index (χ0v) is 9.15. The number of nitrogens with two attached hydrogens (primary N) is 1. The maximum absolute atomic E-state index is 13.0. The number of benzene rings is 2. The Bertz CT molecular complexity index is 479. The summed E-state index contributed by atoms with van der Waals surface area (Å²) >= 11 is 0. The second-order valence-electron chi connectivity index (χ2n) is 3.89. The van der Waals surface area contributed by atoms with Crippen LogP contribution in [0.25, 0.3) is 0 Å². The van der Waals surface area contributed by atoms with Crippen molar-refractivity contribution in [3.63, 3.8) is 0 Å². The summed E-state index contributed by atoms with van der Waals surface area (Å²) in [6, 6.07) is 14.3. The number of rotatable bonds is 2. The van der Waals surface area contributed by atoms with Crippen LogP contribution in [0, 0.1) is 12.7 Å². The molecule has 2 heteroatoms. The molecule has 2 aromatic rings. The molecule has 0 heterocycles. The molecule has 0 aliphatic rings. The quantitative estimate of drug-likeness (QED) is 0.818. The zero-order valence-electron chi connectivity index (χ0n) is 9.15. The molecule has 0 radical (unpaired) electrons. The number of hydrogen-bond acceptors (Lipinski definition) is 1. The highest BCUT2D eigenvalue weighted by Gasteiger charge is 2.11. The second kappa shape index (κ2) is 4.45. The molecule has 2 N–H and O–H groups in total. The van der Waals surface area contributed by atoms with E-state index in [0.29, 0.717) is 0 Å². The summed E-state index contributed by atoms with van der Waals surface area (Å²) in [5.74, 6) is -0.221. The van der Waals surface area contributed by atoms with E-state index in [4.69, 9.17) is 5.73 Å². The Kier molecular flexibility index (Phi) is 3.02. The maximum atomic E-state index is 13.0. The van der Waals surface area contributed by atoms with Crippen molar-refractivity contribution in [1.29, 1.82) is 0 Å². The summed E-state index contributed by atoms with van der Waals surface area (Å²) in [6.45, 7) is 1.88. The predicted molar refractivity (Wildman–Crippen MR) is 63.6 cm³/mol. The molecule has 0 aliphatic carbocycles. The molecule has 0 aliphatic heterocycles. The van der Waals surface area contributed by atoms with Gasteiger partial charge >= 0.3 is 0 Å². The van der Waals surface area contributed by atoms with E-state index < -0.39 is 0 Å². The first-order valence-electron chi connectivity index (χ1n) is 5.25. The number of aryl methyl sites for hydroxylation is 1. The molecular weight excluding hydrogens is 201 g/mol. The fourth-order valence-electron chi connectivity index (χ4n) is 1.83. The molecule has 16 heavy (non-hydrogen) atoms. The van der Waals surface area contributed by atoms with Crippen LogP contribution in [0.2, 0.25) is 0 Å². The molecule has 0 fully saturated rings. The van der Waals surface area contributed by atoms with Gasteiger partial charge in [0.2, 0.25) is 0 Å². The van der Waals surface area contributed by atoms with Crippen molar-refractivity contribution >= 4 is 0 Å². The van der Waals surface area contributed by atoms with E-state index in [9.17, 15) is 4.39 Å². The Balaban J connectivity index is 2.38. The molecule has 82 valence electrons. The molecule has 2 rings (SSSR count). The van der Waals surface area contributed by atoms with Gasteiger partial charge in [-0.25, -0.2) is 4.39 Å². The predicted octanol–water partition coefficient (Wildman–Crippen LogP) is 3.18. The Morgan fingerprint density at radius 1 is 1.06 bits per heavy atom. The molecule has 0 bridgehead atoms. The molecule has 2 aromatic carbocycles. The van der Waals surface area contributed by atoms with Crippen LogP contribution in [-0.4, -0.2) is 0 Å². The van der Waals surface area contributed by atoms with Crippen molar-refractivity contribution in [1.82, 2.24) is 0 Å². The van der Waals surface area contributed by atoms with Crippen LogP contribution in [0.1, 0.15) is 22.7 Å². The molecular formula is C14H14FN. The highest BCUT2D eigenvalue weighted by Crippen LogP contribution is 2.22. The van der Waals surface area contributed by atoms with Gasteiger partial charge in [0.25, 0.3) is 0 Å². The minimum Gasteiger partial charge on any atom is -0.320 e. The van der Waals surface area contributed by atoms with Crippen LogP contribution in [0.4, 0.5) is 4.39 Å². The Morgan fingerprint density at radius 3 is 2.38 bits per heavy atom. The van der Waals surface area contributed by atoms with Gasteiger partial charge in [0.15, 0.2) is 0 Å². The molecule has 1 unspecified atom stereocenters. The normalized spacial score (nSPS) is 12.4. The monoisotopic (exact) mass is 215 g/mol. The van der Waals surface area contributed by atoms with Crippen molar-refractivity contribution in [2.24, 2.45) is 5.73 Å². The fourth-order valence-corrected chi connectivity index (χ4v) is 1.83. The fraction of sp³-hybridized carbons (Fsp3) is 0.143. The van der Waals surface area contributed by atoms with Crippen molar-refractivity contribution in [2.75, 3.05) is 0 Å². The average Bonchev–Trinajstić information content (AvgIpc) is 2.29. The van der Waals surface area contributed by atoms with E-state index in [1.165, 1.54) is 12.1 Å². The summed E-state index contributed by atoms with van der Waals surface area (Å²) in [5, 5.41) is 0. The summed E-state index contributed by atoms with van der Waals surface area (Å²) < 4.78 is 13.0. The lowest BCUT2D eigenvalue weighted by molar-refractivity contribution is 0.624. The Morgan fingerprint density at radius 2 is 1.75 bits per heavy atom. The molecule has 0 saturated heterocycles. The van der Waals surface area contributed by atoms with E-state index in [2.05, 4.69) is 0 Å². The molecule has 0 saturated carbocycles. The van der Waals surface area contributed by atoms with E-state index in [1.54, 1.807) is 6.07 Å². The van der Waals surface area contributed by atoms with E-state index >= 15 is 0 Å². The lowest BCUT2D eigenvalue weighted by Gasteiger charge is -2.15.